The van der Waals surface area contributed by atoms with Crippen molar-refractivity contribution in [3.8, 4) is 0 Å². The zero-order valence-electron chi connectivity index (χ0n) is 13.3. The molecule has 1 nitrogen and oxygen atoms in total. The summed E-state index contributed by atoms with van der Waals surface area (Å²) in [5.74, 6) is 3.06. The number of hydrogen-bond acceptors (Lipinski definition) is 2. The maximum Gasteiger partial charge on any atom is 0.0184 e. The lowest BCUT2D eigenvalue weighted by Gasteiger charge is -2.23. The van der Waals surface area contributed by atoms with Crippen LogP contribution in [0.25, 0.3) is 0 Å². The van der Waals surface area contributed by atoms with E-state index in [1.165, 1.54) is 22.4 Å². The van der Waals surface area contributed by atoms with E-state index in [1.54, 1.807) is 0 Å². The van der Waals surface area contributed by atoms with Gasteiger partial charge in [0.05, 0.1) is 0 Å². The highest BCUT2D eigenvalue weighted by atomic mass is 32.2. The Balaban J connectivity index is 2.29. The number of rotatable bonds is 6. The Hall–Kier alpha value is -0.470. The minimum absolute atomic E-state index is 0.229. The smallest absolute Gasteiger partial charge is 0.0184 e. The van der Waals surface area contributed by atoms with Gasteiger partial charge in [-0.05, 0) is 58.4 Å². The van der Waals surface area contributed by atoms with Gasteiger partial charge in [-0.3, -0.25) is 0 Å². The summed E-state index contributed by atoms with van der Waals surface area (Å²) in [6.45, 7) is 14.5. The third-order valence-electron chi connectivity index (χ3n) is 2.93. The van der Waals surface area contributed by atoms with Gasteiger partial charge in [0.15, 0.2) is 0 Å². The number of hydrogen-bond donors (Lipinski definition) is 1. The molecule has 0 radical (unpaired) electrons. The predicted octanol–water partition coefficient (Wildman–Crippen LogP) is 4.56. The van der Waals surface area contributed by atoms with E-state index in [2.05, 4.69) is 65.1 Å². The fraction of sp³-hybridized carbons (Fsp3) is 0.647. The Morgan fingerprint density at radius 3 is 2.21 bits per heavy atom. The maximum absolute atomic E-state index is 3.58. The summed E-state index contributed by atoms with van der Waals surface area (Å²) in [5.41, 5.74) is 4.43. The second kappa shape index (κ2) is 7.35. The van der Waals surface area contributed by atoms with Gasteiger partial charge in [0.25, 0.3) is 0 Å². The number of benzene rings is 1. The van der Waals surface area contributed by atoms with Gasteiger partial charge in [-0.1, -0.05) is 36.2 Å². The van der Waals surface area contributed by atoms with Crippen LogP contribution in [-0.2, 0) is 5.75 Å². The first kappa shape index (κ1) is 16.6. The van der Waals surface area contributed by atoms with Gasteiger partial charge in [-0.25, -0.2) is 0 Å². The Labute approximate surface area is 123 Å². The molecule has 19 heavy (non-hydrogen) atoms. The normalized spacial score (nSPS) is 13.6. The lowest BCUT2D eigenvalue weighted by Crippen LogP contribution is -2.39. The minimum atomic E-state index is 0.229. The van der Waals surface area contributed by atoms with E-state index < -0.39 is 0 Å². The molecule has 1 unspecified atom stereocenters. The summed E-state index contributed by atoms with van der Waals surface area (Å²) in [7, 11) is 0. The molecule has 2 heteroatoms. The van der Waals surface area contributed by atoms with Gasteiger partial charge in [0.1, 0.15) is 0 Å². The molecule has 1 aromatic rings. The lowest BCUT2D eigenvalue weighted by molar-refractivity contribution is 0.395. The average molecular weight is 279 g/mol. The second-order valence-corrected chi connectivity index (χ2v) is 7.78. The van der Waals surface area contributed by atoms with Crippen molar-refractivity contribution >= 4 is 11.8 Å². The molecule has 1 aromatic carbocycles. The summed E-state index contributed by atoms with van der Waals surface area (Å²) in [4.78, 5) is 0. The van der Waals surface area contributed by atoms with Gasteiger partial charge in [-0.2, -0.15) is 11.8 Å². The van der Waals surface area contributed by atoms with E-state index in [0.29, 0.717) is 0 Å². The minimum Gasteiger partial charge on any atom is -0.312 e. The summed E-state index contributed by atoms with van der Waals surface area (Å²) < 4.78 is 0. The fourth-order valence-electron chi connectivity index (χ4n) is 2.07. The van der Waals surface area contributed by atoms with Crippen LogP contribution in [-0.4, -0.2) is 17.8 Å². The highest BCUT2D eigenvalue weighted by Crippen LogP contribution is 2.18. The van der Waals surface area contributed by atoms with Crippen molar-refractivity contribution in [3.05, 3.63) is 34.9 Å². The van der Waals surface area contributed by atoms with Crippen LogP contribution in [0.2, 0.25) is 0 Å². The SMILES string of the molecule is Cc1cc(C)cc(CSCC(C)CNC(C)(C)C)c1. The van der Waals surface area contributed by atoms with Crippen molar-refractivity contribution in [1.29, 1.82) is 0 Å². The van der Waals surface area contributed by atoms with Crippen LogP contribution >= 0.6 is 11.8 Å². The van der Waals surface area contributed by atoms with Crippen LogP contribution in [0.3, 0.4) is 0 Å². The third-order valence-corrected chi connectivity index (χ3v) is 4.28. The second-order valence-electron chi connectivity index (χ2n) is 6.75. The zero-order valence-corrected chi connectivity index (χ0v) is 14.2. The van der Waals surface area contributed by atoms with Gasteiger partial charge < -0.3 is 5.32 Å². The van der Waals surface area contributed by atoms with Crippen LogP contribution in [0.4, 0.5) is 0 Å². The molecule has 0 aliphatic rings. The molecule has 0 fully saturated rings. The Bertz CT molecular complexity index is 372. The molecule has 1 atom stereocenters. The maximum atomic E-state index is 3.58. The molecule has 0 aliphatic heterocycles. The largest absolute Gasteiger partial charge is 0.312 e. The van der Waals surface area contributed by atoms with E-state index in [9.17, 15) is 0 Å². The molecule has 1 rings (SSSR count). The van der Waals surface area contributed by atoms with Gasteiger partial charge in [-0.15, -0.1) is 0 Å². The first-order chi connectivity index (χ1) is 8.76. The third kappa shape index (κ3) is 7.64. The van der Waals surface area contributed by atoms with E-state index >= 15 is 0 Å². The summed E-state index contributed by atoms with van der Waals surface area (Å²) in [6.07, 6.45) is 0. The molecule has 0 bridgehead atoms. The van der Waals surface area contributed by atoms with E-state index in [1.807, 2.05) is 11.8 Å². The molecular formula is C17H29NS. The van der Waals surface area contributed by atoms with Crippen molar-refractivity contribution in [2.24, 2.45) is 5.92 Å². The zero-order chi connectivity index (χ0) is 14.5. The highest BCUT2D eigenvalue weighted by Gasteiger charge is 2.11. The molecular weight excluding hydrogens is 250 g/mol. The number of thioether (sulfide) groups is 1. The van der Waals surface area contributed by atoms with Crippen molar-refractivity contribution in [1.82, 2.24) is 5.32 Å². The van der Waals surface area contributed by atoms with Crippen molar-refractivity contribution < 1.29 is 0 Å². The number of aryl methyl sites for hydroxylation is 2. The molecule has 108 valence electrons. The van der Waals surface area contributed by atoms with E-state index in [0.717, 1.165) is 18.2 Å². The number of nitrogens with one attached hydrogen (secondary N) is 1. The predicted molar refractivity (Wildman–Crippen MR) is 89.0 cm³/mol. The summed E-state index contributed by atoms with van der Waals surface area (Å²) in [5, 5.41) is 3.58. The van der Waals surface area contributed by atoms with Gasteiger partial charge >= 0.3 is 0 Å². The Morgan fingerprint density at radius 2 is 1.68 bits per heavy atom. The quantitative estimate of drug-likeness (QED) is 0.819. The van der Waals surface area contributed by atoms with Crippen molar-refractivity contribution in [3.63, 3.8) is 0 Å². The van der Waals surface area contributed by atoms with Crippen LogP contribution in [0.5, 0.6) is 0 Å². The standard InChI is InChI=1S/C17H29NS/c1-13-7-14(2)9-16(8-13)12-19-11-15(3)10-18-17(4,5)6/h7-9,15,18H,10-12H2,1-6H3. The molecule has 0 aromatic heterocycles. The summed E-state index contributed by atoms with van der Waals surface area (Å²) in [6, 6.07) is 6.85. The molecule has 0 aliphatic carbocycles. The van der Waals surface area contributed by atoms with Gasteiger partial charge in [0.2, 0.25) is 0 Å². The summed E-state index contributed by atoms with van der Waals surface area (Å²) >= 11 is 2.04. The van der Waals surface area contributed by atoms with E-state index in [-0.39, 0.29) is 5.54 Å². The Kier molecular flexibility index (Phi) is 6.41. The molecule has 0 saturated carbocycles. The monoisotopic (exact) mass is 279 g/mol. The molecule has 0 amide bonds. The first-order valence-electron chi connectivity index (χ1n) is 7.16. The molecule has 1 N–H and O–H groups in total. The Morgan fingerprint density at radius 1 is 1.11 bits per heavy atom. The van der Waals surface area contributed by atoms with E-state index in [4.69, 9.17) is 0 Å². The first-order valence-corrected chi connectivity index (χ1v) is 8.32. The van der Waals surface area contributed by atoms with Crippen LogP contribution in [0.15, 0.2) is 18.2 Å². The van der Waals surface area contributed by atoms with Crippen molar-refractivity contribution in [2.75, 3.05) is 12.3 Å². The molecule has 0 spiro atoms. The van der Waals surface area contributed by atoms with Crippen molar-refractivity contribution in [2.45, 2.75) is 52.8 Å². The lowest BCUT2D eigenvalue weighted by atomic mass is 10.1. The van der Waals surface area contributed by atoms with Crippen LogP contribution < -0.4 is 5.32 Å². The average Bonchev–Trinajstić information content (AvgIpc) is 2.24. The van der Waals surface area contributed by atoms with Crippen LogP contribution in [0, 0.1) is 19.8 Å². The van der Waals surface area contributed by atoms with Gasteiger partial charge in [0, 0.05) is 11.3 Å². The molecule has 0 saturated heterocycles. The molecule has 0 heterocycles. The highest BCUT2D eigenvalue weighted by molar-refractivity contribution is 7.98. The van der Waals surface area contributed by atoms with Crippen LogP contribution in [0.1, 0.15) is 44.4 Å². The topological polar surface area (TPSA) is 12.0 Å². The fourth-order valence-corrected chi connectivity index (χ4v) is 3.11.